The number of nitrogens with zero attached hydrogens (tertiary/aromatic N) is 1. The lowest BCUT2D eigenvalue weighted by Crippen LogP contribution is -2.41. The van der Waals surface area contributed by atoms with Crippen molar-refractivity contribution in [2.75, 3.05) is 0 Å². The third kappa shape index (κ3) is 3.09. The van der Waals surface area contributed by atoms with Gasteiger partial charge in [-0.05, 0) is 6.42 Å². The standard InChI is InChI=1S/C12H18N2O4/c1-5-7(11(16)17)14-10(15)8-9(12(2,3)4)18-6-13-8/h6-7H,5H2,1-4H3,(H,14,15)(H,16,17). The molecular weight excluding hydrogens is 236 g/mol. The van der Waals surface area contributed by atoms with Crippen molar-refractivity contribution in [2.45, 2.75) is 45.6 Å². The van der Waals surface area contributed by atoms with Crippen molar-refractivity contribution in [1.82, 2.24) is 10.3 Å². The molecule has 0 aromatic carbocycles. The van der Waals surface area contributed by atoms with E-state index in [4.69, 9.17) is 9.52 Å². The van der Waals surface area contributed by atoms with E-state index in [0.717, 1.165) is 0 Å². The summed E-state index contributed by atoms with van der Waals surface area (Å²) < 4.78 is 5.21. The fourth-order valence-electron chi connectivity index (χ4n) is 1.50. The fourth-order valence-corrected chi connectivity index (χ4v) is 1.50. The van der Waals surface area contributed by atoms with Crippen LogP contribution in [0.25, 0.3) is 0 Å². The Kier molecular flexibility index (Phi) is 4.11. The topological polar surface area (TPSA) is 92.4 Å². The van der Waals surface area contributed by atoms with Gasteiger partial charge in [0.05, 0.1) is 0 Å². The zero-order chi connectivity index (χ0) is 13.9. The summed E-state index contributed by atoms with van der Waals surface area (Å²) in [6.45, 7) is 7.35. The van der Waals surface area contributed by atoms with Crippen molar-refractivity contribution in [2.24, 2.45) is 0 Å². The number of carboxylic acids is 1. The largest absolute Gasteiger partial charge is 0.480 e. The first kappa shape index (κ1) is 14.2. The van der Waals surface area contributed by atoms with Crippen LogP contribution in [0.3, 0.4) is 0 Å². The highest BCUT2D eigenvalue weighted by atomic mass is 16.4. The lowest BCUT2D eigenvalue weighted by Gasteiger charge is -2.17. The number of nitrogens with one attached hydrogen (secondary N) is 1. The summed E-state index contributed by atoms with van der Waals surface area (Å²) in [6, 6.07) is -0.915. The van der Waals surface area contributed by atoms with Crippen LogP contribution in [0.2, 0.25) is 0 Å². The Morgan fingerprint density at radius 3 is 2.56 bits per heavy atom. The molecule has 18 heavy (non-hydrogen) atoms. The number of rotatable bonds is 4. The van der Waals surface area contributed by atoms with Gasteiger partial charge >= 0.3 is 5.97 Å². The van der Waals surface area contributed by atoms with Gasteiger partial charge in [0.1, 0.15) is 11.8 Å². The number of carbonyl (C=O) groups is 2. The van der Waals surface area contributed by atoms with Gasteiger partial charge in [0.2, 0.25) is 0 Å². The van der Waals surface area contributed by atoms with E-state index in [-0.39, 0.29) is 11.1 Å². The molecule has 0 saturated carbocycles. The van der Waals surface area contributed by atoms with E-state index in [1.165, 1.54) is 6.39 Å². The Bertz CT molecular complexity index is 445. The molecule has 2 N–H and O–H groups in total. The summed E-state index contributed by atoms with van der Waals surface area (Å²) in [5.74, 6) is -1.14. The van der Waals surface area contributed by atoms with Crippen molar-refractivity contribution in [3.05, 3.63) is 17.8 Å². The Hall–Kier alpha value is -1.85. The van der Waals surface area contributed by atoms with E-state index in [0.29, 0.717) is 12.2 Å². The van der Waals surface area contributed by atoms with Crippen LogP contribution in [0.4, 0.5) is 0 Å². The molecule has 6 nitrogen and oxygen atoms in total. The molecular formula is C12H18N2O4. The Morgan fingerprint density at radius 1 is 1.50 bits per heavy atom. The van der Waals surface area contributed by atoms with Gasteiger partial charge in [-0.2, -0.15) is 0 Å². The molecule has 0 saturated heterocycles. The second-order valence-corrected chi connectivity index (χ2v) is 5.05. The molecule has 0 fully saturated rings. The van der Waals surface area contributed by atoms with Crippen molar-refractivity contribution in [3.8, 4) is 0 Å². The van der Waals surface area contributed by atoms with Crippen LogP contribution >= 0.6 is 0 Å². The molecule has 0 radical (unpaired) electrons. The maximum Gasteiger partial charge on any atom is 0.326 e. The Balaban J connectivity index is 2.92. The monoisotopic (exact) mass is 254 g/mol. The number of amides is 1. The van der Waals surface area contributed by atoms with E-state index in [9.17, 15) is 9.59 Å². The molecule has 0 aliphatic carbocycles. The molecule has 1 amide bonds. The Labute approximate surface area is 105 Å². The Morgan fingerprint density at radius 2 is 2.11 bits per heavy atom. The predicted molar refractivity (Wildman–Crippen MR) is 64.4 cm³/mol. The van der Waals surface area contributed by atoms with Crippen LogP contribution in [-0.2, 0) is 10.2 Å². The summed E-state index contributed by atoms with van der Waals surface area (Å²) in [5, 5.41) is 11.3. The van der Waals surface area contributed by atoms with Gasteiger partial charge in [-0.15, -0.1) is 0 Å². The number of hydrogen-bond acceptors (Lipinski definition) is 4. The summed E-state index contributed by atoms with van der Waals surface area (Å²) in [4.78, 5) is 26.7. The third-order valence-corrected chi connectivity index (χ3v) is 2.48. The SMILES string of the molecule is CCC(NC(=O)c1ncoc1C(C)(C)C)C(=O)O. The van der Waals surface area contributed by atoms with Crippen LogP contribution in [0.1, 0.15) is 50.4 Å². The van der Waals surface area contributed by atoms with E-state index in [1.807, 2.05) is 20.8 Å². The molecule has 0 spiro atoms. The molecule has 0 aliphatic rings. The quantitative estimate of drug-likeness (QED) is 0.850. The molecule has 6 heteroatoms. The first-order valence-electron chi connectivity index (χ1n) is 5.75. The van der Waals surface area contributed by atoms with Crippen LogP contribution in [0, 0.1) is 0 Å². The summed E-state index contributed by atoms with van der Waals surface area (Å²) in [5.41, 5.74) is -0.226. The van der Waals surface area contributed by atoms with Crippen LogP contribution < -0.4 is 5.32 Å². The second kappa shape index (κ2) is 5.20. The van der Waals surface area contributed by atoms with E-state index in [1.54, 1.807) is 6.92 Å². The van der Waals surface area contributed by atoms with Gasteiger partial charge in [-0.1, -0.05) is 27.7 Å². The number of aromatic nitrogens is 1. The summed E-state index contributed by atoms with van der Waals surface area (Å²) in [6.07, 6.45) is 1.50. The third-order valence-electron chi connectivity index (χ3n) is 2.48. The van der Waals surface area contributed by atoms with E-state index < -0.39 is 17.9 Å². The summed E-state index contributed by atoms with van der Waals surface area (Å²) in [7, 11) is 0. The van der Waals surface area contributed by atoms with Gasteiger partial charge in [-0.3, -0.25) is 4.79 Å². The zero-order valence-corrected chi connectivity index (χ0v) is 11.0. The lowest BCUT2D eigenvalue weighted by atomic mass is 9.91. The molecule has 1 atom stereocenters. The van der Waals surface area contributed by atoms with Gasteiger partial charge in [0, 0.05) is 5.41 Å². The van der Waals surface area contributed by atoms with Crippen molar-refractivity contribution >= 4 is 11.9 Å². The van der Waals surface area contributed by atoms with E-state index in [2.05, 4.69) is 10.3 Å². The highest BCUT2D eigenvalue weighted by molar-refractivity contribution is 5.95. The molecule has 1 aromatic heterocycles. The average Bonchev–Trinajstić information content (AvgIpc) is 2.73. The number of carbonyl (C=O) groups excluding carboxylic acids is 1. The molecule has 1 unspecified atom stereocenters. The van der Waals surface area contributed by atoms with Gasteiger partial charge < -0.3 is 14.8 Å². The maximum atomic E-state index is 12.0. The molecule has 1 aromatic rings. The normalized spacial score (nSPS) is 13.1. The van der Waals surface area contributed by atoms with Crippen molar-refractivity contribution in [3.63, 3.8) is 0 Å². The van der Waals surface area contributed by atoms with Crippen LogP contribution in [0.5, 0.6) is 0 Å². The van der Waals surface area contributed by atoms with Crippen LogP contribution in [-0.4, -0.2) is 28.0 Å². The zero-order valence-electron chi connectivity index (χ0n) is 11.0. The molecule has 100 valence electrons. The molecule has 1 heterocycles. The molecule has 0 bridgehead atoms. The number of oxazole rings is 1. The first-order chi connectivity index (χ1) is 8.27. The van der Waals surface area contributed by atoms with Gasteiger partial charge in [0.25, 0.3) is 5.91 Å². The fraction of sp³-hybridized carbons (Fsp3) is 0.583. The minimum Gasteiger partial charge on any atom is -0.480 e. The number of carboxylic acid groups (broad SMARTS) is 1. The summed E-state index contributed by atoms with van der Waals surface area (Å²) >= 11 is 0. The average molecular weight is 254 g/mol. The van der Waals surface area contributed by atoms with Crippen molar-refractivity contribution in [1.29, 1.82) is 0 Å². The van der Waals surface area contributed by atoms with Crippen molar-refractivity contribution < 1.29 is 19.1 Å². The van der Waals surface area contributed by atoms with E-state index >= 15 is 0 Å². The molecule has 0 aliphatic heterocycles. The predicted octanol–water partition coefficient (Wildman–Crippen LogP) is 1.57. The first-order valence-corrected chi connectivity index (χ1v) is 5.75. The second-order valence-electron chi connectivity index (χ2n) is 5.05. The smallest absolute Gasteiger partial charge is 0.326 e. The highest BCUT2D eigenvalue weighted by Gasteiger charge is 2.28. The van der Waals surface area contributed by atoms with Gasteiger partial charge in [-0.25, -0.2) is 9.78 Å². The minimum atomic E-state index is -1.06. The minimum absolute atomic E-state index is 0.141. The van der Waals surface area contributed by atoms with Crippen LogP contribution in [0.15, 0.2) is 10.8 Å². The lowest BCUT2D eigenvalue weighted by molar-refractivity contribution is -0.139. The highest BCUT2D eigenvalue weighted by Crippen LogP contribution is 2.25. The van der Waals surface area contributed by atoms with Gasteiger partial charge in [0.15, 0.2) is 12.1 Å². The number of hydrogen-bond donors (Lipinski definition) is 2. The number of aliphatic carboxylic acids is 1. The maximum absolute atomic E-state index is 12.0. The molecule has 1 rings (SSSR count).